The molecule has 3 N–H and O–H groups in total. The molecule has 0 aliphatic carbocycles. The number of hydrogen-bond acceptors (Lipinski definition) is 4. The lowest BCUT2D eigenvalue weighted by molar-refractivity contribution is 0.988. The van der Waals surface area contributed by atoms with Crippen LogP contribution in [0.1, 0.15) is 11.4 Å². The van der Waals surface area contributed by atoms with Gasteiger partial charge in [0.1, 0.15) is 11.6 Å². The maximum absolute atomic E-state index is 11.5. The number of nitrogen functional groups attached to an aromatic ring is 1. The van der Waals surface area contributed by atoms with E-state index in [-0.39, 0.29) is 11.4 Å². The molecule has 0 atom stereocenters. The molecule has 0 spiro atoms. The van der Waals surface area contributed by atoms with Crippen molar-refractivity contribution < 1.29 is 0 Å². The molecule has 0 saturated carbocycles. The van der Waals surface area contributed by atoms with Gasteiger partial charge in [-0.25, -0.2) is 4.98 Å². The van der Waals surface area contributed by atoms with Crippen LogP contribution in [0.2, 0.25) is 5.02 Å². The van der Waals surface area contributed by atoms with Crippen LogP contribution in [0.15, 0.2) is 34.0 Å². The van der Waals surface area contributed by atoms with Crippen LogP contribution in [0, 0.1) is 6.92 Å². The standard InChI is InChI=1S/C12H12ClN3OS/c1-7-11(14)15-10(16-12(7)17)6-18-9-5-3-2-4-8(9)13/h2-5H,6H2,1H3,(H3,14,15,16,17). The van der Waals surface area contributed by atoms with Crippen molar-refractivity contribution in [3.8, 4) is 0 Å². The molecule has 1 heterocycles. The Morgan fingerprint density at radius 2 is 2.17 bits per heavy atom. The van der Waals surface area contributed by atoms with E-state index in [1.807, 2.05) is 24.3 Å². The van der Waals surface area contributed by atoms with Gasteiger partial charge in [-0.1, -0.05) is 23.7 Å². The summed E-state index contributed by atoms with van der Waals surface area (Å²) >= 11 is 7.54. The normalized spacial score (nSPS) is 10.6. The number of halogens is 1. The molecule has 0 fully saturated rings. The molecule has 2 aromatic rings. The molecule has 0 bridgehead atoms. The second kappa shape index (κ2) is 5.46. The highest BCUT2D eigenvalue weighted by Crippen LogP contribution is 2.28. The fourth-order valence-electron chi connectivity index (χ4n) is 1.37. The van der Waals surface area contributed by atoms with E-state index < -0.39 is 0 Å². The first kappa shape index (κ1) is 13.0. The van der Waals surface area contributed by atoms with Gasteiger partial charge in [0, 0.05) is 4.90 Å². The summed E-state index contributed by atoms with van der Waals surface area (Å²) < 4.78 is 0. The van der Waals surface area contributed by atoms with Crippen molar-refractivity contribution in [2.75, 3.05) is 5.73 Å². The Hall–Kier alpha value is -1.46. The van der Waals surface area contributed by atoms with E-state index >= 15 is 0 Å². The number of anilines is 1. The number of nitrogens with zero attached hydrogens (tertiary/aromatic N) is 1. The molecular formula is C12H12ClN3OS. The van der Waals surface area contributed by atoms with Crippen molar-refractivity contribution in [3.05, 3.63) is 51.0 Å². The smallest absolute Gasteiger partial charge is 0.255 e. The molecular weight excluding hydrogens is 270 g/mol. The Labute approximate surface area is 114 Å². The molecule has 94 valence electrons. The molecule has 6 heteroatoms. The molecule has 4 nitrogen and oxygen atoms in total. The van der Waals surface area contributed by atoms with Gasteiger partial charge >= 0.3 is 0 Å². The highest BCUT2D eigenvalue weighted by atomic mass is 35.5. The van der Waals surface area contributed by atoms with Gasteiger partial charge in [-0.2, -0.15) is 0 Å². The van der Waals surface area contributed by atoms with E-state index in [0.29, 0.717) is 22.2 Å². The van der Waals surface area contributed by atoms with Gasteiger partial charge in [-0.15, -0.1) is 11.8 Å². The number of thioether (sulfide) groups is 1. The first-order valence-corrected chi connectivity index (χ1v) is 6.67. The van der Waals surface area contributed by atoms with Crippen LogP contribution in [0.4, 0.5) is 5.82 Å². The minimum Gasteiger partial charge on any atom is -0.383 e. The number of aromatic nitrogens is 2. The number of benzene rings is 1. The number of nitrogens with two attached hydrogens (primary N) is 1. The molecule has 0 aliphatic rings. The highest BCUT2D eigenvalue weighted by molar-refractivity contribution is 7.98. The van der Waals surface area contributed by atoms with Crippen molar-refractivity contribution in [3.63, 3.8) is 0 Å². The molecule has 0 aliphatic heterocycles. The Morgan fingerprint density at radius 1 is 1.44 bits per heavy atom. The first-order chi connectivity index (χ1) is 8.58. The van der Waals surface area contributed by atoms with E-state index in [4.69, 9.17) is 17.3 Å². The zero-order valence-corrected chi connectivity index (χ0v) is 11.3. The second-order valence-corrected chi connectivity index (χ2v) is 5.17. The van der Waals surface area contributed by atoms with E-state index in [9.17, 15) is 4.79 Å². The van der Waals surface area contributed by atoms with Crippen molar-refractivity contribution in [2.24, 2.45) is 0 Å². The fraction of sp³-hybridized carbons (Fsp3) is 0.167. The van der Waals surface area contributed by atoms with Gasteiger partial charge in [0.05, 0.1) is 16.3 Å². The molecule has 2 rings (SSSR count). The van der Waals surface area contributed by atoms with Crippen LogP contribution in [-0.4, -0.2) is 9.97 Å². The van der Waals surface area contributed by atoms with Crippen molar-refractivity contribution in [1.82, 2.24) is 9.97 Å². The number of nitrogens with one attached hydrogen (secondary N) is 1. The van der Waals surface area contributed by atoms with Crippen LogP contribution in [0.25, 0.3) is 0 Å². The zero-order chi connectivity index (χ0) is 13.1. The number of H-pyrrole nitrogens is 1. The summed E-state index contributed by atoms with van der Waals surface area (Å²) in [6.45, 7) is 1.64. The molecule has 0 amide bonds. The summed E-state index contributed by atoms with van der Waals surface area (Å²) in [6, 6.07) is 7.52. The third-order valence-corrected chi connectivity index (χ3v) is 3.97. The molecule has 1 aromatic carbocycles. The summed E-state index contributed by atoms with van der Waals surface area (Å²) in [6.07, 6.45) is 0. The summed E-state index contributed by atoms with van der Waals surface area (Å²) in [7, 11) is 0. The van der Waals surface area contributed by atoms with E-state index in [2.05, 4.69) is 9.97 Å². The minimum absolute atomic E-state index is 0.197. The molecule has 0 unspecified atom stereocenters. The van der Waals surface area contributed by atoms with Crippen LogP contribution < -0.4 is 11.3 Å². The second-order valence-electron chi connectivity index (χ2n) is 3.74. The van der Waals surface area contributed by atoms with Gasteiger partial charge < -0.3 is 10.7 Å². The average Bonchev–Trinajstić information content (AvgIpc) is 2.35. The molecule has 0 saturated heterocycles. The predicted molar refractivity (Wildman–Crippen MR) is 75.0 cm³/mol. The fourth-order valence-corrected chi connectivity index (χ4v) is 2.48. The van der Waals surface area contributed by atoms with Gasteiger partial charge in [0.25, 0.3) is 5.56 Å². The SMILES string of the molecule is Cc1c(N)nc(CSc2ccccc2Cl)[nH]c1=O. The topological polar surface area (TPSA) is 71.8 Å². The summed E-state index contributed by atoms with van der Waals surface area (Å²) in [5.41, 5.74) is 5.90. The monoisotopic (exact) mass is 281 g/mol. The van der Waals surface area contributed by atoms with E-state index in [1.54, 1.807) is 6.92 Å². The predicted octanol–water partition coefficient (Wildman–Crippen LogP) is 2.61. The summed E-state index contributed by atoms with van der Waals surface area (Å²) in [5.74, 6) is 1.34. The Bertz CT molecular complexity index is 627. The lowest BCUT2D eigenvalue weighted by Crippen LogP contribution is -2.16. The summed E-state index contributed by atoms with van der Waals surface area (Å²) in [4.78, 5) is 19.3. The molecule has 18 heavy (non-hydrogen) atoms. The largest absolute Gasteiger partial charge is 0.383 e. The van der Waals surface area contributed by atoms with E-state index in [0.717, 1.165) is 4.90 Å². The van der Waals surface area contributed by atoms with Gasteiger partial charge in [0.2, 0.25) is 0 Å². The van der Waals surface area contributed by atoms with Crippen molar-refractivity contribution >= 4 is 29.2 Å². The lowest BCUT2D eigenvalue weighted by Gasteiger charge is -2.05. The van der Waals surface area contributed by atoms with Crippen LogP contribution >= 0.6 is 23.4 Å². The van der Waals surface area contributed by atoms with E-state index in [1.165, 1.54) is 11.8 Å². The Kier molecular flexibility index (Phi) is 3.93. The molecule has 1 aromatic heterocycles. The third-order valence-electron chi connectivity index (χ3n) is 2.44. The molecule has 0 radical (unpaired) electrons. The van der Waals surface area contributed by atoms with Gasteiger partial charge in [-0.05, 0) is 19.1 Å². The minimum atomic E-state index is -0.197. The average molecular weight is 282 g/mol. The maximum Gasteiger partial charge on any atom is 0.255 e. The zero-order valence-electron chi connectivity index (χ0n) is 9.74. The number of aromatic amines is 1. The number of rotatable bonds is 3. The van der Waals surface area contributed by atoms with Crippen molar-refractivity contribution in [1.29, 1.82) is 0 Å². The highest BCUT2D eigenvalue weighted by Gasteiger charge is 2.06. The van der Waals surface area contributed by atoms with Crippen LogP contribution in [0.5, 0.6) is 0 Å². The first-order valence-electron chi connectivity index (χ1n) is 5.30. The quantitative estimate of drug-likeness (QED) is 0.849. The Morgan fingerprint density at radius 3 is 2.83 bits per heavy atom. The van der Waals surface area contributed by atoms with Gasteiger partial charge in [-0.3, -0.25) is 4.79 Å². The van der Waals surface area contributed by atoms with Crippen LogP contribution in [0.3, 0.4) is 0 Å². The van der Waals surface area contributed by atoms with Gasteiger partial charge in [0.15, 0.2) is 0 Å². The Balaban J connectivity index is 2.17. The van der Waals surface area contributed by atoms with Crippen LogP contribution in [-0.2, 0) is 5.75 Å². The third kappa shape index (κ3) is 2.86. The number of hydrogen-bond donors (Lipinski definition) is 2. The van der Waals surface area contributed by atoms with Crippen molar-refractivity contribution in [2.45, 2.75) is 17.6 Å². The maximum atomic E-state index is 11.5. The lowest BCUT2D eigenvalue weighted by atomic mass is 10.3. The summed E-state index contributed by atoms with van der Waals surface area (Å²) in [5, 5.41) is 0.685.